The van der Waals surface area contributed by atoms with Crippen molar-refractivity contribution in [1.82, 2.24) is 0 Å². The fourth-order valence-corrected chi connectivity index (χ4v) is 16.1. The minimum absolute atomic E-state index is 0.00835. The van der Waals surface area contributed by atoms with Crippen molar-refractivity contribution in [2.45, 2.75) is 221 Å². The van der Waals surface area contributed by atoms with Gasteiger partial charge in [-0.3, -0.25) is 0 Å². The Labute approximate surface area is 464 Å². The van der Waals surface area contributed by atoms with E-state index in [0.717, 1.165) is 12.8 Å². The Kier molecular flexibility index (Phi) is 11.3. The van der Waals surface area contributed by atoms with E-state index in [0.29, 0.717) is 0 Å². The van der Waals surface area contributed by atoms with Gasteiger partial charge in [0.15, 0.2) is 0 Å². The van der Waals surface area contributed by atoms with Crippen LogP contribution in [0, 0.1) is 0 Å². The van der Waals surface area contributed by atoms with Crippen LogP contribution in [0.1, 0.15) is 222 Å². The SMILES string of the molecule is CC(C)(C)c1ccc(N2c3ccc(C(C)(C)C)cc3B3c4sc5ccc(C(C)(C)C)cc5c4N(c4cc(C(C)(C)C)cc(C(C)(C)C)c4)c4cc(-c5c6c(cc7c5C(C)(C)CC7(C)C)C(C)(C)CC6(C)C)cc2c43)cc1. The fraction of sp³-hybridized carbons (Fsp3) is 0.472. The molecule has 0 bridgehead atoms. The molecule has 0 radical (unpaired) electrons. The van der Waals surface area contributed by atoms with Gasteiger partial charge in [-0.05, 0) is 188 Å². The Morgan fingerprint density at radius 3 is 1.38 bits per heavy atom. The Bertz CT molecular complexity index is 3470. The predicted octanol–water partition coefficient (Wildman–Crippen LogP) is 19.1. The Morgan fingerprint density at radius 2 is 0.882 bits per heavy atom. The molecule has 2 aliphatic heterocycles. The van der Waals surface area contributed by atoms with Crippen LogP contribution in [-0.2, 0) is 48.7 Å². The average molecular weight is 1030 g/mol. The monoisotopic (exact) mass is 1020 g/mol. The zero-order chi connectivity index (χ0) is 55.4. The summed E-state index contributed by atoms with van der Waals surface area (Å²) in [5.41, 5.74) is 26.1. The molecule has 0 N–H and O–H groups in total. The first kappa shape index (κ1) is 53.0. The number of fused-ring (bicyclic) bond motifs is 8. The zero-order valence-electron chi connectivity index (χ0n) is 51.0. The molecular formula is C72H89BN2S. The molecule has 4 aliphatic rings. The van der Waals surface area contributed by atoms with Crippen LogP contribution in [0.3, 0.4) is 0 Å². The molecule has 7 aromatic rings. The van der Waals surface area contributed by atoms with Gasteiger partial charge in [0.05, 0.1) is 5.69 Å². The first-order chi connectivity index (χ1) is 34.8. The van der Waals surface area contributed by atoms with Crippen molar-refractivity contribution < 1.29 is 0 Å². The molecule has 6 aromatic carbocycles. The molecule has 0 amide bonds. The molecule has 11 rings (SSSR count). The highest BCUT2D eigenvalue weighted by molar-refractivity contribution is 7.33. The molecule has 0 atom stereocenters. The summed E-state index contributed by atoms with van der Waals surface area (Å²) in [6, 6.07) is 40.3. The zero-order valence-corrected chi connectivity index (χ0v) is 51.8. The Hall–Kier alpha value is -5.06. The van der Waals surface area contributed by atoms with E-state index >= 15 is 0 Å². The molecule has 76 heavy (non-hydrogen) atoms. The molecule has 3 heterocycles. The lowest BCUT2D eigenvalue weighted by Gasteiger charge is -2.44. The fourth-order valence-electron chi connectivity index (χ4n) is 14.8. The van der Waals surface area contributed by atoms with Crippen molar-refractivity contribution in [1.29, 1.82) is 0 Å². The second-order valence-electron chi connectivity index (χ2n) is 31.9. The van der Waals surface area contributed by atoms with Crippen LogP contribution in [0.2, 0.25) is 0 Å². The van der Waals surface area contributed by atoms with E-state index in [-0.39, 0.29) is 55.4 Å². The van der Waals surface area contributed by atoms with Gasteiger partial charge in [0, 0.05) is 43.3 Å². The number of hydrogen-bond acceptors (Lipinski definition) is 3. The van der Waals surface area contributed by atoms with Gasteiger partial charge in [-0.1, -0.05) is 202 Å². The quantitative estimate of drug-likeness (QED) is 0.163. The van der Waals surface area contributed by atoms with E-state index in [2.05, 4.69) is 266 Å². The molecule has 396 valence electrons. The number of anilines is 6. The van der Waals surface area contributed by atoms with Crippen LogP contribution in [0.15, 0.2) is 97.1 Å². The molecule has 0 saturated heterocycles. The normalized spacial score (nSPS) is 18.2. The molecule has 0 fully saturated rings. The van der Waals surface area contributed by atoms with Crippen LogP contribution >= 0.6 is 11.3 Å². The molecule has 1 aromatic heterocycles. The minimum Gasteiger partial charge on any atom is -0.311 e. The number of thiophene rings is 1. The summed E-state index contributed by atoms with van der Waals surface area (Å²) in [7, 11) is 0. The number of nitrogens with zero attached hydrogens (tertiary/aromatic N) is 2. The van der Waals surface area contributed by atoms with Crippen molar-refractivity contribution >= 4 is 78.0 Å². The van der Waals surface area contributed by atoms with Gasteiger partial charge >= 0.3 is 0 Å². The van der Waals surface area contributed by atoms with Gasteiger partial charge in [-0.25, -0.2) is 0 Å². The molecule has 0 spiro atoms. The number of rotatable bonds is 3. The van der Waals surface area contributed by atoms with Gasteiger partial charge < -0.3 is 9.80 Å². The molecule has 2 aliphatic carbocycles. The molecule has 0 unspecified atom stereocenters. The third-order valence-corrected chi connectivity index (χ3v) is 19.7. The minimum atomic E-state index is -0.0746. The van der Waals surface area contributed by atoms with Crippen LogP contribution in [-0.4, -0.2) is 6.71 Å². The second-order valence-corrected chi connectivity index (χ2v) is 33.0. The van der Waals surface area contributed by atoms with Crippen molar-refractivity contribution in [2.24, 2.45) is 0 Å². The molecular weight excluding hydrogens is 936 g/mol. The van der Waals surface area contributed by atoms with E-state index in [1.165, 1.54) is 98.9 Å². The van der Waals surface area contributed by atoms with E-state index in [1.54, 1.807) is 22.3 Å². The lowest BCUT2D eigenvalue weighted by molar-refractivity contribution is 0.396. The maximum absolute atomic E-state index is 2.79. The van der Waals surface area contributed by atoms with Crippen molar-refractivity contribution in [3.63, 3.8) is 0 Å². The molecule has 2 nitrogen and oxygen atoms in total. The Morgan fingerprint density at radius 1 is 0.421 bits per heavy atom. The van der Waals surface area contributed by atoms with E-state index < -0.39 is 0 Å². The summed E-state index contributed by atoms with van der Waals surface area (Å²) >= 11 is 2.03. The van der Waals surface area contributed by atoms with E-state index in [9.17, 15) is 0 Å². The number of benzene rings is 6. The van der Waals surface area contributed by atoms with Crippen LogP contribution in [0.5, 0.6) is 0 Å². The summed E-state index contributed by atoms with van der Waals surface area (Å²) in [4.78, 5) is 5.47. The van der Waals surface area contributed by atoms with E-state index in [4.69, 9.17) is 0 Å². The lowest BCUT2D eigenvalue weighted by atomic mass is 9.36. The second kappa shape index (κ2) is 16.3. The van der Waals surface area contributed by atoms with Crippen molar-refractivity contribution in [3.05, 3.63) is 147 Å². The lowest BCUT2D eigenvalue weighted by Crippen LogP contribution is -2.60. The summed E-state index contributed by atoms with van der Waals surface area (Å²) in [6.07, 6.45) is 2.23. The van der Waals surface area contributed by atoms with Crippen molar-refractivity contribution in [3.8, 4) is 11.1 Å². The van der Waals surface area contributed by atoms with Crippen LogP contribution < -0.4 is 25.5 Å². The summed E-state index contributed by atoms with van der Waals surface area (Å²) in [6.45, 7) is 55.9. The third-order valence-electron chi connectivity index (χ3n) is 18.5. The van der Waals surface area contributed by atoms with Gasteiger partial charge in [0.2, 0.25) is 0 Å². The highest BCUT2D eigenvalue weighted by Crippen LogP contribution is 2.62. The highest BCUT2D eigenvalue weighted by atomic mass is 32.1. The summed E-state index contributed by atoms with van der Waals surface area (Å²) in [5, 5.41) is 1.35. The largest absolute Gasteiger partial charge is 0.311 e. The topological polar surface area (TPSA) is 6.48 Å². The first-order valence-corrected chi connectivity index (χ1v) is 29.6. The van der Waals surface area contributed by atoms with Gasteiger partial charge in [-0.15, -0.1) is 11.3 Å². The standard InChI is InChI=1S/C72H89BN2S/c1-64(2,3)43-24-28-48(29-25-43)74-54-30-26-45(66(7,8)9)38-53(54)73-61-55(74)32-42(58-59-51(69(16,17)40-71(59,20)21)39-52-60(58)72(22,23)41-70(52,18)19)33-56(61)75(49-35-46(67(10,11)12)34-47(36-49)68(13,14)15)62-50-37-44(65(4,5)6)27-31-57(50)76-63(62)73/h24-39H,40-41H2,1-23H3. The molecule has 0 saturated carbocycles. The number of hydrogen-bond donors (Lipinski definition) is 0. The summed E-state index contributed by atoms with van der Waals surface area (Å²) in [5.74, 6) is 0. The average Bonchev–Trinajstić information content (AvgIpc) is 4.03. The van der Waals surface area contributed by atoms with Crippen LogP contribution in [0.25, 0.3) is 21.2 Å². The van der Waals surface area contributed by atoms with Crippen LogP contribution in [0.4, 0.5) is 34.1 Å². The smallest absolute Gasteiger partial charge is 0.264 e. The predicted molar refractivity (Wildman–Crippen MR) is 336 cm³/mol. The van der Waals surface area contributed by atoms with Gasteiger partial charge in [0.25, 0.3) is 6.71 Å². The van der Waals surface area contributed by atoms with E-state index in [1.807, 2.05) is 11.3 Å². The van der Waals surface area contributed by atoms with Crippen molar-refractivity contribution in [2.75, 3.05) is 9.80 Å². The summed E-state index contributed by atoms with van der Waals surface area (Å²) < 4.78 is 2.78. The van der Waals surface area contributed by atoms with Gasteiger partial charge in [0.1, 0.15) is 0 Å². The maximum Gasteiger partial charge on any atom is 0.264 e. The highest BCUT2D eigenvalue weighted by Gasteiger charge is 2.52. The first-order valence-electron chi connectivity index (χ1n) is 28.8. The van der Waals surface area contributed by atoms with Gasteiger partial charge in [-0.2, -0.15) is 0 Å². The maximum atomic E-state index is 2.79. The Balaban J connectivity index is 1.38. The molecule has 4 heteroatoms. The third kappa shape index (κ3) is 8.21.